The summed E-state index contributed by atoms with van der Waals surface area (Å²) in [6.07, 6.45) is 0.919. The molecule has 4 nitrogen and oxygen atoms in total. The minimum Gasteiger partial charge on any atom is -0.494 e. The second kappa shape index (κ2) is 7.84. The molecule has 0 heterocycles. The Hall–Kier alpha value is -0.490. The van der Waals surface area contributed by atoms with Gasteiger partial charge in [-0.15, -0.1) is 12.4 Å². The third-order valence-electron chi connectivity index (χ3n) is 2.12. The predicted octanol–water partition coefficient (Wildman–Crippen LogP) is 2.37. The summed E-state index contributed by atoms with van der Waals surface area (Å²) in [4.78, 5) is 2.16. The molecule has 18 heavy (non-hydrogen) atoms. The fraction of sp³-hybridized carbons (Fsp3) is 0.455. The summed E-state index contributed by atoms with van der Waals surface area (Å²) in [6, 6.07) is 6.07. The highest BCUT2D eigenvalue weighted by Gasteiger charge is 2.08. The van der Waals surface area contributed by atoms with Crippen molar-refractivity contribution >= 4 is 32.1 Å². The lowest BCUT2D eigenvalue weighted by atomic mass is 10.3. The van der Waals surface area contributed by atoms with Crippen LogP contribution in [0.3, 0.4) is 0 Å². The van der Waals surface area contributed by atoms with E-state index in [0.29, 0.717) is 12.4 Å². The lowest BCUT2D eigenvalue weighted by Crippen LogP contribution is -2.15. The molecule has 1 aromatic rings. The minimum absolute atomic E-state index is 0. The number of benzene rings is 1. The van der Waals surface area contributed by atoms with Crippen LogP contribution >= 0.6 is 23.1 Å². The highest BCUT2D eigenvalue weighted by molar-refractivity contribution is 8.13. The van der Waals surface area contributed by atoms with Crippen LogP contribution in [0, 0.1) is 0 Å². The molecule has 0 radical (unpaired) electrons. The van der Waals surface area contributed by atoms with Crippen molar-refractivity contribution in [2.24, 2.45) is 0 Å². The van der Waals surface area contributed by atoms with Gasteiger partial charge in [0, 0.05) is 17.2 Å². The van der Waals surface area contributed by atoms with Crippen molar-refractivity contribution in [1.29, 1.82) is 0 Å². The highest BCUT2D eigenvalue weighted by Crippen LogP contribution is 2.18. The Labute approximate surface area is 119 Å². The number of hydrogen-bond donors (Lipinski definition) is 0. The van der Waals surface area contributed by atoms with E-state index in [-0.39, 0.29) is 17.3 Å². The zero-order chi connectivity index (χ0) is 12.9. The van der Waals surface area contributed by atoms with E-state index in [1.165, 1.54) is 12.1 Å². The molecule has 7 heteroatoms. The van der Waals surface area contributed by atoms with Crippen LogP contribution in [-0.2, 0) is 9.05 Å². The summed E-state index contributed by atoms with van der Waals surface area (Å²) in [5.41, 5.74) is 0. The van der Waals surface area contributed by atoms with Crippen LogP contribution in [0.2, 0.25) is 0 Å². The van der Waals surface area contributed by atoms with E-state index in [0.717, 1.165) is 13.0 Å². The number of rotatable bonds is 6. The van der Waals surface area contributed by atoms with E-state index < -0.39 is 9.05 Å². The zero-order valence-corrected chi connectivity index (χ0v) is 12.7. The van der Waals surface area contributed by atoms with Crippen molar-refractivity contribution in [3.05, 3.63) is 24.3 Å². The summed E-state index contributed by atoms with van der Waals surface area (Å²) in [5, 5.41) is 0. The monoisotopic (exact) mass is 313 g/mol. The Bertz CT molecular complexity index is 446. The van der Waals surface area contributed by atoms with Gasteiger partial charge in [0.1, 0.15) is 5.75 Å². The second-order valence-corrected chi connectivity index (χ2v) is 6.48. The first-order valence-electron chi connectivity index (χ1n) is 5.22. The molecule has 0 aliphatic rings. The quantitative estimate of drug-likeness (QED) is 0.597. The molecular weight excluding hydrogens is 297 g/mol. The fourth-order valence-electron chi connectivity index (χ4n) is 1.27. The average Bonchev–Trinajstić information content (AvgIpc) is 2.23. The van der Waals surface area contributed by atoms with E-state index >= 15 is 0 Å². The molecule has 0 saturated carbocycles. The van der Waals surface area contributed by atoms with Gasteiger partial charge >= 0.3 is 0 Å². The van der Waals surface area contributed by atoms with Gasteiger partial charge in [-0.2, -0.15) is 0 Å². The van der Waals surface area contributed by atoms with Gasteiger partial charge in [-0.25, -0.2) is 8.42 Å². The normalized spacial score (nSPS) is 11.1. The largest absolute Gasteiger partial charge is 0.494 e. The van der Waals surface area contributed by atoms with Gasteiger partial charge in [-0.1, -0.05) is 0 Å². The maximum atomic E-state index is 11.0. The molecule has 0 atom stereocenters. The maximum Gasteiger partial charge on any atom is 0.261 e. The molecule has 0 aliphatic heterocycles. The Kier molecular flexibility index (Phi) is 7.62. The molecule has 0 N–H and O–H groups in total. The van der Waals surface area contributed by atoms with Gasteiger partial charge in [0.25, 0.3) is 9.05 Å². The first-order chi connectivity index (χ1) is 7.89. The van der Waals surface area contributed by atoms with Crippen molar-refractivity contribution in [3.8, 4) is 5.75 Å². The second-order valence-electron chi connectivity index (χ2n) is 3.91. The third-order valence-corrected chi connectivity index (χ3v) is 3.49. The fourth-order valence-corrected chi connectivity index (χ4v) is 2.04. The van der Waals surface area contributed by atoms with E-state index in [2.05, 4.69) is 4.90 Å². The van der Waals surface area contributed by atoms with Gasteiger partial charge in [-0.05, 0) is 44.8 Å². The Morgan fingerprint density at radius 2 is 1.78 bits per heavy atom. The molecular formula is C11H17Cl2NO3S. The summed E-state index contributed by atoms with van der Waals surface area (Å²) in [7, 11) is 5.55. The van der Waals surface area contributed by atoms with Crippen LogP contribution in [0.25, 0.3) is 0 Å². The number of nitrogens with zero attached hydrogens (tertiary/aromatic N) is 1. The first-order valence-corrected chi connectivity index (χ1v) is 7.53. The van der Waals surface area contributed by atoms with Crippen LogP contribution in [-0.4, -0.2) is 40.6 Å². The van der Waals surface area contributed by atoms with Crippen molar-refractivity contribution in [3.63, 3.8) is 0 Å². The first kappa shape index (κ1) is 17.5. The number of hydrogen-bond acceptors (Lipinski definition) is 4. The van der Waals surface area contributed by atoms with E-state index in [9.17, 15) is 8.42 Å². The third kappa shape index (κ3) is 6.44. The van der Waals surface area contributed by atoms with Crippen LogP contribution < -0.4 is 4.74 Å². The topological polar surface area (TPSA) is 46.6 Å². The lowest BCUT2D eigenvalue weighted by Gasteiger charge is -2.10. The van der Waals surface area contributed by atoms with Gasteiger partial charge in [0.2, 0.25) is 0 Å². The van der Waals surface area contributed by atoms with E-state index in [4.69, 9.17) is 15.4 Å². The van der Waals surface area contributed by atoms with Gasteiger partial charge in [-0.3, -0.25) is 0 Å². The van der Waals surface area contributed by atoms with Gasteiger partial charge in [0.15, 0.2) is 0 Å². The summed E-state index contributed by atoms with van der Waals surface area (Å²) in [6.45, 7) is 1.55. The zero-order valence-electron chi connectivity index (χ0n) is 10.3. The number of halogens is 2. The summed E-state index contributed by atoms with van der Waals surface area (Å²) < 4.78 is 27.5. The molecule has 1 rings (SSSR count). The van der Waals surface area contributed by atoms with Crippen molar-refractivity contribution in [1.82, 2.24) is 4.90 Å². The Morgan fingerprint density at radius 1 is 1.22 bits per heavy atom. The summed E-state index contributed by atoms with van der Waals surface area (Å²) in [5.74, 6) is 0.646. The lowest BCUT2D eigenvalue weighted by molar-refractivity contribution is 0.281. The average molecular weight is 314 g/mol. The molecule has 0 aliphatic carbocycles. The molecule has 104 valence electrons. The SMILES string of the molecule is CN(C)CCCOc1ccc(S(=O)(=O)Cl)cc1.Cl. The molecule has 0 saturated heterocycles. The van der Waals surface area contributed by atoms with Crippen LogP contribution in [0.15, 0.2) is 29.2 Å². The van der Waals surface area contributed by atoms with Crippen LogP contribution in [0.4, 0.5) is 0 Å². The molecule has 0 spiro atoms. The number of ether oxygens (including phenoxy) is 1. The Morgan fingerprint density at radius 3 is 2.22 bits per heavy atom. The maximum absolute atomic E-state index is 11.0. The minimum atomic E-state index is -3.65. The molecule has 0 bridgehead atoms. The molecule has 0 unspecified atom stereocenters. The predicted molar refractivity (Wildman–Crippen MR) is 75.4 cm³/mol. The summed E-state index contributed by atoms with van der Waals surface area (Å²) >= 11 is 0. The van der Waals surface area contributed by atoms with E-state index in [1.807, 2.05) is 14.1 Å². The molecule has 1 aromatic carbocycles. The van der Waals surface area contributed by atoms with Gasteiger partial charge in [0.05, 0.1) is 11.5 Å². The van der Waals surface area contributed by atoms with Crippen LogP contribution in [0.1, 0.15) is 6.42 Å². The standard InChI is InChI=1S/C11H16ClNO3S.ClH/c1-13(2)8-3-9-16-10-4-6-11(7-5-10)17(12,14)15;/h4-7H,3,8-9H2,1-2H3;1H. The van der Waals surface area contributed by atoms with Crippen molar-refractivity contribution in [2.45, 2.75) is 11.3 Å². The van der Waals surface area contributed by atoms with Crippen LogP contribution in [0.5, 0.6) is 5.75 Å². The molecule has 0 amide bonds. The molecule has 0 fully saturated rings. The molecule has 0 aromatic heterocycles. The Balaban J connectivity index is 0.00000289. The highest BCUT2D eigenvalue weighted by atomic mass is 35.7. The van der Waals surface area contributed by atoms with Gasteiger partial charge < -0.3 is 9.64 Å². The van der Waals surface area contributed by atoms with Crippen molar-refractivity contribution in [2.75, 3.05) is 27.2 Å². The smallest absolute Gasteiger partial charge is 0.261 e. The van der Waals surface area contributed by atoms with E-state index in [1.54, 1.807) is 12.1 Å². The van der Waals surface area contributed by atoms with Crippen molar-refractivity contribution < 1.29 is 13.2 Å².